The molecule has 0 aromatic heterocycles. The second kappa shape index (κ2) is 8.20. The summed E-state index contributed by atoms with van der Waals surface area (Å²) in [6.45, 7) is 1.45. The van der Waals surface area contributed by atoms with Crippen molar-refractivity contribution in [1.82, 2.24) is 10.2 Å². The van der Waals surface area contributed by atoms with E-state index in [0.29, 0.717) is 42.4 Å². The number of methoxy groups -OCH3 is 1. The van der Waals surface area contributed by atoms with Gasteiger partial charge in [0, 0.05) is 38.0 Å². The highest BCUT2D eigenvalue weighted by Gasteiger charge is 2.28. The lowest BCUT2D eigenvalue weighted by Gasteiger charge is -2.32. The van der Waals surface area contributed by atoms with Gasteiger partial charge in [-0.05, 0) is 37.0 Å². The second-order valence-corrected chi connectivity index (χ2v) is 6.78. The van der Waals surface area contributed by atoms with Gasteiger partial charge in [-0.25, -0.2) is 4.79 Å². The molecule has 2 aliphatic rings. The van der Waals surface area contributed by atoms with Crippen molar-refractivity contribution in [3.63, 3.8) is 0 Å². The van der Waals surface area contributed by atoms with Crippen molar-refractivity contribution in [3.05, 3.63) is 23.8 Å². The van der Waals surface area contributed by atoms with E-state index in [4.69, 9.17) is 4.74 Å². The van der Waals surface area contributed by atoms with Gasteiger partial charge in [-0.15, -0.1) is 0 Å². The number of likely N-dealkylation sites (tertiary alicyclic amines) is 1. The Morgan fingerprint density at radius 2 is 2.00 bits per heavy atom. The molecule has 0 unspecified atom stereocenters. The summed E-state index contributed by atoms with van der Waals surface area (Å²) in [7, 11) is 1.49. The molecule has 0 atom stereocenters. The van der Waals surface area contributed by atoms with Crippen LogP contribution in [0.25, 0.3) is 0 Å². The van der Waals surface area contributed by atoms with Crippen LogP contribution in [0.3, 0.4) is 0 Å². The van der Waals surface area contributed by atoms with Crippen molar-refractivity contribution in [2.24, 2.45) is 5.92 Å². The lowest BCUT2D eigenvalue weighted by atomic mass is 9.94. The monoisotopic (exact) mass is 373 g/mol. The Morgan fingerprint density at radius 1 is 1.26 bits per heavy atom. The van der Waals surface area contributed by atoms with Gasteiger partial charge in [-0.1, -0.05) is 0 Å². The fraction of sp³-hybridized carbons (Fsp3) is 0.474. The number of benzene rings is 1. The van der Waals surface area contributed by atoms with E-state index in [0.717, 1.165) is 19.1 Å². The van der Waals surface area contributed by atoms with Gasteiger partial charge in [0.25, 0.3) is 5.91 Å². The maximum Gasteiger partial charge on any atom is 0.328 e. The highest BCUT2D eigenvalue weighted by molar-refractivity contribution is 6.07. The standard InChI is InChI=1S/C19H23N3O5/c1-27-16-3-2-14(12-15(16)22-10-6-17(24)20-19(22)26)18(25)21-8-4-13(5-9-21)7-11-23/h2-3,11-13H,4-10H2,1H3,(H,20,24,26). The zero-order chi connectivity index (χ0) is 19.4. The predicted octanol–water partition coefficient (Wildman–Crippen LogP) is 1.58. The molecule has 0 spiro atoms. The van der Waals surface area contributed by atoms with Gasteiger partial charge in [0.15, 0.2) is 0 Å². The van der Waals surface area contributed by atoms with E-state index < -0.39 is 6.03 Å². The Hall–Kier alpha value is -2.90. The summed E-state index contributed by atoms with van der Waals surface area (Å²) in [5, 5.41) is 2.28. The highest BCUT2D eigenvalue weighted by atomic mass is 16.5. The zero-order valence-electron chi connectivity index (χ0n) is 15.3. The largest absolute Gasteiger partial charge is 0.495 e. The maximum atomic E-state index is 12.9. The van der Waals surface area contributed by atoms with Crippen LogP contribution in [0.2, 0.25) is 0 Å². The van der Waals surface area contributed by atoms with Crippen LogP contribution < -0.4 is 15.0 Å². The molecule has 0 aliphatic carbocycles. The van der Waals surface area contributed by atoms with Crippen molar-refractivity contribution in [2.45, 2.75) is 25.7 Å². The van der Waals surface area contributed by atoms with E-state index in [1.807, 2.05) is 0 Å². The van der Waals surface area contributed by atoms with E-state index in [1.54, 1.807) is 23.1 Å². The number of piperidine rings is 1. The second-order valence-electron chi connectivity index (χ2n) is 6.78. The summed E-state index contributed by atoms with van der Waals surface area (Å²) in [4.78, 5) is 50.3. The van der Waals surface area contributed by atoms with Crippen LogP contribution in [0.4, 0.5) is 10.5 Å². The summed E-state index contributed by atoms with van der Waals surface area (Å²) in [5.74, 6) is 0.367. The lowest BCUT2D eigenvalue weighted by Crippen LogP contribution is -2.49. The first-order chi connectivity index (χ1) is 13.0. The first kappa shape index (κ1) is 18.9. The minimum absolute atomic E-state index is 0.114. The normalized spacial score (nSPS) is 18.3. The predicted molar refractivity (Wildman–Crippen MR) is 97.8 cm³/mol. The number of rotatable bonds is 5. The molecule has 2 fully saturated rings. The van der Waals surface area contributed by atoms with Crippen molar-refractivity contribution < 1.29 is 23.9 Å². The molecule has 8 nitrogen and oxygen atoms in total. The Morgan fingerprint density at radius 3 is 2.63 bits per heavy atom. The minimum Gasteiger partial charge on any atom is -0.495 e. The van der Waals surface area contributed by atoms with Crippen LogP contribution in [0.1, 0.15) is 36.0 Å². The number of ether oxygens (including phenoxy) is 1. The Kier molecular flexibility index (Phi) is 5.73. The van der Waals surface area contributed by atoms with Gasteiger partial charge in [0.05, 0.1) is 12.8 Å². The summed E-state index contributed by atoms with van der Waals surface area (Å²) in [5.41, 5.74) is 0.925. The summed E-state index contributed by atoms with van der Waals surface area (Å²) >= 11 is 0. The Balaban J connectivity index is 1.79. The molecule has 2 saturated heterocycles. The molecule has 0 bridgehead atoms. The molecule has 144 valence electrons. The number of carbonyl (C=O) groups excluding carboxylic acids is 4. The van der Waals surface area contributed by atoms with Crippen molar-refractivity contribution in [3.8, 4) is 5.75 Å². The fourth-order valence-corrected chi connectivity index (χ4v) is 3.52. The molecule has 1 aromatic rings. The lowest BCUT2D eigenvalue weighted by molar-refractivity contribution is -0.120. The Bertz CT molecular complexity index is 756. The maximum absolute atomic E-state index is 12.9. The first-order valence-corrected chi connectivity index (χ1v) is 9.05. The van der Waals surface area contributed by atoms with Gasteiger partial charge >= 0.3 is 6.03 Å². The summed E-state index contributed by atoms with van der Waals surface area (Å²) in [6, 6.07) is 4.44. The first-order valence-electron chi connectivity index (χ1n) is 9.05. The average molecular weight is 373 g/mol. The van der Waals surface area contributed by atoms with Crippen LogP contribution in [0.5, 0.6) is 5.75 Å². The molecule has 3 rings (SSSR count). The summed E-state index contributed by atoms with van der Waals surface area (Å²) in [6.07, 6.45) is 3.29. The van der Waals surface area contributed by atoms with Gasteiger partial charge in [0.1, 0.15) is 12.0 Å². The molecule has 2 aliphatic heterocycles. The number of carbonyl (C=O) groups is 4. The van der Waals surface area contributed by atoms with Gasteiger partial charge < -0.3 is 14.4 Å². The number of hydrogen-bond donors (Lipinski definition) is 1. The molecule has 0 radical (unpaired) electrons. The number of hydrogen-bond acceptors (Lipinski definition) is 5. The fourth-order valence-electron chi connectivity index (χ4n) is 3.52. The smallest absolute Gasteiger partial charge is 0.328 e. The number of amides is 4. The van der Waals surface area contributed by atoms with Crippen LogP contribution in [0.15, 0.2) is 18.2 Å². The van der Waals surface area contributed by atoms with Crippen molar-refractivity contribution in [1.29, 1.82) is 0 Å². The third-order valence-corrected chi connectivity index (χ3v) is 5.10. The van der Waals surface area contributed by atoms with Gasteiger partial charge in [-0.2, -0.15) is 0 Å². The molecule has 27 heavy (non-hydrogen) atoms. The molecule has 1 N–H and O–H groups in total. The zero-order valence-corrected chi connectivity index (χ0v) is 15.3. The number of nitrogens with one attached hydrogen (secondary N) is 1. The SMILES string of the molecule is COc1ccc(C(=O)N2CCC(CC=O)CC2)cc1N1CCC(=O)NC1=O. The molecular weight excluding hydrogens is 350 g/mol. The van der Waals surface area contributed by atoms with Crippen molar-refractivity contribution >= 4 is 29.8 Å². The number of anilines is 1. The molecule has 4 amide bonds. The van der Waals surface area contributed by atoms with E-state index in [2.05, 4.69) is 5.32 Å². The number of urea groups is 1. The van der Waals surface area contributed by atoms with Gasteiger partial charge in [0.2, 0.25) is 5.91 Å². The van der Waals surface area contributed by atoms with Crippen LogP contribution in [-0.4, -0.2) is 55.8 Å². The van der Waals surface area contributed by atoms with Crippen LogP contribution >= 0.6 is 0 Å². The third-order valence-electron chi connectivity index (χ3n) is 5.10. The van der Waals surface area contributed by atoms with Gasteiger partial charge in [-0.3, -0.25) is 19.8 Å². The molecule has 0 saturated carbocycles. The topological polar surface area (TPSA) is 96.0 Å². The van der Waals surface area contributed by atoms with E-state index in [9.17, 15) is 19.2 Å². The summed E-state index contributed by atoms with van der Waals surface area (Å²) < 4.78 is 5.33. The number of imide groups is 1. The van der Waals surface area contributed by atoms with E-state index in [-0.39, 0.29) is 24.8 Å². The highest BCUT2D eigenvalue weighted by Crippen LogP contribution is 2.31. The van der Waals surface area contributed by atoms with E-state index >= 15 is 0 Å². The molecule has 1 aromatic carbocycles. The average Bonchev–Trinajstić information content (AvgIpc) is 2.68. The van der Waals surface area contributed by atoms with Crippen molar-refractivity contribution in [2.75, 3.05) is 31.6 Å². The van der Waals surface area contributed by atoms with E-state index in [1.165, 1.54) is 12.0 Å². The Labute approximate surface area is 157 Å². The van der Waals surface area contributed by atoms with Crippen LogP contribution in [-0.2, 0) is 9.59 Å². The molecular formula is C19H23N3O5. The third kappa shape index (κ3) is 4.10. The molecule has 8 heteroatoms. The minimum atomic E-state index is -0.524. The number of nitrogens with zero attached hydrogens (tertiary/aromatic N) is 2. The molecule has 2 heterocycles. The van der Waals surface area contributed by atoms with Crippen LogP contribution in [0, 0.1) is 5.92 Å². The number of aldehydes is 1. The quantitative estimate of drug-likeness (QED) is 0.791.